The van der Waals surface area contributed by atoms with E-state index in [1.807, 2.05) is 6.20 Å². The van der Waals surface area contributed by atoms with Gasteiger partial charge in [-0.1, -0.05) is 0 Å². The van der Waals surface area contributed by atoms with Gasteiger partial charge in [-0.3, -0.25) is 0 Å². The van der Waals surface area contributed by atoms with Crippen molar-refractivity contribution in [3.8, 4) is 0 Å². The Hall–Kier alpha value is 0.0543. The molecule has 0 aromatic carbocycles. The first-order valence-electron chi connectivity index (χ1n) is 4.21. The zero-order chi connectivity index (χ0) is 8.39. The number of hydrogen-bond donors (Lipinski definition) is 1. The summed E-state index contributed by atoms with van der Waals surface area (Å²) in [7, 11) is 0. The SMILES string of the molecule is [CH3][Ti+2]([C]1=CC=CC1)[c]1ccc[nH]1.[Cl-].[Cl-]. The minimum Gasteiger partial charge on any atom is -1.00 e. The van der Waals surface area contributed by atoms with Gasteiger partial charge in [0.15, 0.2) is 0 Å². The molecule has 0 fully saturated rings. The third kappa shape index (κ3) is 3.03. The summed E-state index contributed by atoms with van der Waals surface area (Å²) in [4.78, 5) is 3.32. The second-order valence-corrected chi connectivity index (χ2v) is 6.83. The second kappa shape index (κ2) is 6.52. The second-order valence-electron chi connectivity index (χ2n) is 3.03. The summed E-state index contributed by atoms with van der Waals surface area (Å²) >= 11 is -1.09. The van der Waals surface area contributed by atoms with Crippen molar-refractivity contribution in [1.82, 2.24) is 4.98 Å². The summed E-state index contributed by atoms with van der Waals surface area (Å²) in [5, 5.41) is 2.41. The van der Waals surface area contributed by atoms with Crippen molar-refractivity contribution in [2.24, 2.45) is 0 Å². The van der Waals surface area contributed by atoms with Crippen LogP contribution in [0.2, 0.25) is 5.23 Å². The van der Waals surface area contributed by atoms with Gasteiger partial charge in [-0.15, -0.1) is 0 Å². The summed E-state index contributed by atoms with van der Waals surface area (Å²) in [6.45, 7) is 0. The summed E-state index contributed by atoms with van der Waals surface area (Å²) < 4.78 is 3.14. The number of hydrogen-bond acceptors (Lipinski definition) is 0. The van der Waals surface area contributed by atoms with E-state index in [1.165, 1.54) is 10.4 Å². The molecule has 0 atom stereocenters. The number of allylic oxidation sites excluding steroid dienone is 4. The van der Waals surface area contributed by atoms with Crippen LogP contribution in [-0.2, 0) is 17.9 Å². The molecule has 0 radical (unpaired) electrons. The Kier molecular flexibility index (Phi) is 6.55. The van der Waals surface area contributed by atoms with Crippen LogP contribution in [0.3, 0.4) is 0 Å². The standard InChI is InChI=1S/C5H5.C4H4N.CH3.2ClH.Ti/c2*1-2-4-5-3-1;;;;/h1-3H,4H2;1-3,5H;1H3;2*1H;/q;;;;;+2/p-2. The molecule has 1 N–H and O–H groups in total. The third-order valence-electron chi connectivity index (χ3n) is 2.25. The summed E-state index contributed by atoms with van der Waals surface area (Å²) in [6.07, 6.45) is 9.92. The van der Waals surface area contributed by atoms with Gasteiger partial charge in [0.2, 0.25) is 0 Å². The van der Waals surface area contributed by atoms with E-state index in [9.17, 15) is 0 Å². The van der Waals surface area contributed by atoms with Gasteiger partial charge in [0.05, 0.1) is 0 Å². The van der Waals surface area contributed by atoms with Crippen molar-refractivity contribution in [3.63, 3.8) is 0 Å². The molecule has 0 bridgehead atoms. The zero-order valence-electron chi connectivity index (χ0n) is 7.93. The average Bonchev–Trinajstić information content (AvgIpc) is 2.77. The van der Waals surface area contributed by atoms with Gasteiger partial charge >= 0.3 is 78.9 Å². The Labute approximate surface area is 103 Å². The molecule has 1 aromatic heterocycles. The summed E-state index contributed by atoms with van der Waals surface area (Å²) in [5.41, 5.74) is 0. The minimum atomic E-state index is -1.09. The fourth-order valence-corrected chi connectivity index (χ4v) is 4.21. The van der Waals surface area contributed by atoms with Crippen molar-refractivity contribution in [3.05, 3.63) is 40.4 Å². The van der Waals surface area contributed by atoms with Gasteiger partial charge in [0.1, 0.15) is 0 Å². The van der Waals surface area contributed by atoms with E-state index >= 15 is 0 Å². The monoisotopic (exact) mass is 264 g/mol. The van der Waals surface area contributed by atoms with Crippen molar-refractivity contribution in [2.45, 2.75) is 11.6 Å². The van der Waals surface area contributed by atoms with Gasteiger partial charge in [0, 0.05) is 0 Å². The normalized spacial score (nSPS) is 12.8. The molecule has 1 aliphatic carbocycles. The topological polar surface area (TPSA) is 15.8 Å². The van der Waals surface area contributed by atoms with E-state index in [0.717, 1.165) is 0 Å². The summed E-state index contributed by atoms with van der Waals surface area (Å²) in [6, 6.07) is 4.31. The van der Waals surface area contributed by atoms with E-state index in [0.29, 0.717) is 0 Å². The summed E-state index contributed by atoms with van der Waals surface area (Å²) in [5.74, 6) is 0. The van der Waals surface area contributed by atoms with Crippen LogP contribution in [0, 0.1) is 0 Å². The first kappa shape index (κ1) is 14.1. The van der Waals surface area contributed by atoms with Crippen LogP contribution < -0.4 is 28.8 Å². The number of aromatic amines is 1. The first-order valence-corrected chi connectivity index (χ1v) is 7.33. The molecule has 1 aliphatic rings. The first-order chi connectivity index (χ1) is 5.88. The molecule has 0 saturated heterocycles. The molecule has 0 amide bonds. The fraction of sp³-hybridized carbons (Fsp3) is 0.200. The fourth-order valence-electron chi connectivity index (χ4n) is 1.46. The molecular weight excluding hydrogens is 253 g/mol. The molecule has 0 unspecified atom stereocenters. The smallest absolute Gasteiger partial charge is 1.00 e. The Morgan fingerprint density at radius 2 is 2.14 bits per heavy atom. The predicted molar refractivity (Wildman–Crippen MR) is 48.1 cm³/mol. The van der Waals surface area contributed by atoms with Gasteiger partial charge < -0.3 is 24.8 Å². The van der Waals surface area contributed by atoms with Crippen molar-refractivity contribution >= 4 is 4.00 Å². The van der Waals surface area contributed by atoms with Crippen LogP contribution >= 0.6 is 0 Å². The Morgan fingerprint density at radius 3 is 2.64 bits per heavy atom. The van der Waals surface area contributed by atoms with E-state index < -0.39 is 17.9 Å². The molecule has 0 saturated carbocycles. The number of halogens is 2. The van der Waals surface area contributed by atoms with Crippen LogP contribution in [0.5, 0.6) is 0 Å². The molecule has 14 heavy (non-hydrogen) atoms. The van der Waals surface area contributed by atoms with E-state index in [1.54, 1.807) is 3.88 Å². The molecule has 1 nitrogen and oxygen atoms in total. The van der Waals surface area contributed by atoms with Crippen LogP contribution in [0.15, 0.2) is 40.4 Å². The molecule has 1 aromatic rings. The quantitative estimate of drug-likeness (QED) is 0.527. The molecule has 1 heterocycles. The Bertz CT molecular complexity index is 317. The van der Waals surface area contributed by atoms with Crippen LogP contribution in [0.4, 0.5) is 0 Å². The van der Waals surface area contributed by atoms with Crippen molar-refractivity contribution in [2.75, 3.05) is 0 Å². The molecule has 0 spiro atoms. The molecule has 0 aliphatic heterocycles. The number of nitrogens with one attached hydrogen (secondary N) is 1. The maximum atomic E-state index is 3.32. The van der Waals surface area contributed by atoms with Gasteiger partial charge in [-0.2, -0.15) is 0 Å². The van der Waals surface area contributed by atoms with Crippen LogP contribution in [0.1, 0.15) is 6.42 Å². The van der Waals surface area contributed by atoms with Gasteiger partial charge in [-0.05, 0) is 0 Å². The maximum Gasteiger partial charge on any atom is -1.00 e. The predicted octanol–water partition coefficient (Wildman–Crippen LogP) is -3.84. The number of aromatic nitrogens is 1. The molecule has 75 valence electrons. The molecule has 4 heteroatoms. The van der Waals surface area contributed by atoms with Crippen LogP contribution in [-0.4, -0.2) is 4.98 Å². The zero-order valence-corrected chi connectivity index (χ0v) is 11.0. The maximum absolute atomic E-state index is 3.32. The van der Waals surface area contributed by atoms with E-state index in [4.69, 9.17) is 0 Å². The molecular formula is C10H12Cl2NTi. The average molecular weight is 265 g/mol. The van der Waals surface area contributed by atoms with E-state index in [-0.39, 0.29) is 24.8 Å². The Balaban J connectivity index is 0.000000845. The van der Waals surface area contributed by atoms with Gasteiger partial charge in [0.25, 0.3) is 0 Å². The van der Waals surface area contributed by atoms with Gasteiger partial charge in [-0.25, -0.2) is 0 Å². The van der Waals surface area contributed by atoms with E-state index in [2.05, 4.69) is 40.6 Å². The van der Waals surface area contributed by atoms with Crippen molar-refractivity contribution in [1.29, 1.82) is 0 Å². The largest absolute Gasteiger partial charge is 1.00 e. The minimum absolute atomic E-state index is 0. The number of rotatable bonds is 2. The third-order valence-corrected chi connectivity index (χ3v) is 6.09. The van der Waals surface area contributed by atoms with Crippen LogP contribution in [0.25, 0.3) is 0 Å². The molecule has 2 rings (SSSR count). The number of H-pyrrole nitrogens is 1. The Morgan fingerprint density at radius 1 is 1.36 bits per heavy atom. The van der Waals surface area contributed by atoms with Crippen molar-refractivity contribution < 1.29 is 42.7 Å².